The number of nitrogens with zero attached hydrogens (tertiary/aromatic N) is 1. The Balaban J connectivity index is 1.92. The summed E-state index contributed by atoms with van der Waals surface area (Å²) in [5.74, 6) is 0.855. The number of likely N-dealkylation sites (tertiary alicyclic amines) is 1. The average molecular weight is 231 g/mol. The van der Waals surface area contributed by atoms with Gasteiger partial charge in [-0.1, -0.05) is 29.8 Å². The molecule has 1 aliphatic rings. The minimum absolute atomic E-state index is 0.704. The topological polar surface area (TPSA) is 3.24 Å². The summed E-state index contributed by atoms with van der Waals surface area (Å²) < 4.78 is 0. The van der Waals surface area contributed by atoms with Gasteiger partial charge in [-0.15, -0.1) is 0 Å². The second-order valence-corrected chi connectivity index (χ2v) is 5.79. The summed E-state index contributed by atoms with van der Waals surface area (Å²) in [6, 6.07) is 9.76. The molecule has 1 saturated heterocycles. The standard InChI is InChI=1S/C16H25N/c1-13(2)17-10-4-5-16(12-17)11-15-8-6-14(3)7-9-15/h6-9,13,16H,4-5,10-12H2,1-3H3. The fraction of sp³-hybridized carbons (Fsp3) is 0.625. The Morgan fingerprint density at radius 1 is 1.24 bits per heavy atom. The molecule has 1 unspecified atom stereocenters. The Bertz CT molecular complexity index is 339. The number of rotatable bonds is 3. The minimum Gasteiger partial charge on any atom is -0.301 e. The van der Waals surface area contributed by atoms with Crippen molar-refractivity contribution in [3.05, 3.63) is 35.4 Å². The van der Waals surface area contributed by atoms with Gasteiger partial charge in [-0.3, -0.25) is 0 Å². The normalized spacial score (nSPS) is 22.0. The zero-order valence-electron chi connectivity index (χ0n) is 11.4. The van der Waals surface area contributed by atoms with Crippen LogP contribution in [0.1, 0.15) is 37.8 Å². The molecule has 17 heavy (non-hydrogen) atoms. The van der Waals surface area contributed by atoms with Crippen molar-refractivity contribution in [1.29, 1.82) is 0 Å². The van der Waals surface area contributed by atoms with Crippen molar-refractivity contribution in [2.45, 2.75) is 46.1 Å². The number of piperidine rings is 1. The van der Waals surface area contributed by atoms with E-state index in [1.807, 2.05) is 0 Å². The highest BCUT2D eigenvalue weighted by Crippen LogP contribution is 2.22. The average Bonchev–Trinajstić information content (AvgIpc) is 2.32. The third kappa shape index (κ3) is 3.57. The molecule has 0 amide bonds. The number of aryl methyl sites for hydroxylation is 1. The van der Waals surface area contributed by atoms with Crippen molar-refractivity contribution in [2.24, 2.45) is 5.92 Å². The molecule has 1 heteroatoms. The molecule has 0 aromatic heterocycles. The molecule has 0 N–H and O–H groups in total. The minimum atomic E-state index is 0.704. The molecule has 2 rings (SSSR count). The van der Waals surface area contributed by atoms with Gasteiger partial charge in [0.25, 0.3) is 0 Å². The largest absolute Gasteiger partial charge is 0.301 e. The molecular formula is C16H25N. The second kappa shape index (κ2) is 5.68. The lowest BCUT2D eigenvalue weighted by Crippen LogP contribution is -2.40. The van der Waals surface area contributed by atoms with Gasteiger partial charge in [0.05, 0.1) is 0 Å². The van der Waals surface area contributed by atoms with Crippen molar-refractivity contribution in [3.8, 4) is 0 Å². The first kappa shape index (κ1) is 12.6. The van der Waals surface area contributed by atoms with E-state index in [0.717, 1.165) is 5.92 Å². The van der Waals surface area contributed by atoms with Crippen molar-refractivity contribution >= 4 is 0 Å². The maximum atomic E-state index is 2.63. The van der Waals surface area contributed by atoms with Crippen LogP contribution in [-0.2, 0) is 6.42 Å². The summed E-state index contributed by atoms with van der Waals surface area (Å²) in [6.07, 6.45) is 4.02. The van der Waals surface area contributed by atoms with Gasteiger partial charge >= 0.3 is 0 Å². The van der Waals surface area contributed by atoms with Crippen LogP contribution in [0, 0.1) is 12.8 Å². The van der Waals surface area contributed by atoms with Gasteiger partial charge in [0.1, 0.15) is 0 Å². The zero-order valence-corrected chi connectivity index (χ0v) is 11.4. The Morgan fingerprint density at radius 2 is 1.94 bits per heavy atom. The van der Waals surface area contributed by atoms with E-state index in [2.05, 4.69) is 49.9 Å². The van der Waals surface area contributed by atoms with Crippen LogP contribution >= 0.6 is 0 Å². The highest BCUT2D eigenvalue weighted by molar-refractivity contribution is 5.21. The summed E-state index contributed by atoms with van der Waals surface area (Å²) in [5, 5.41) is 0. The third-order valence-electron chi connectivity index (χ3n) is 3.93. The highest BCUT2D eigenvalue weighted by Gasteiger charge is 2.21. The Hall–Kier alpha value is -0.820. The Labute approximate surface area is 106 Å². The number of hydrogen-bond donors (Lipinski definition) is 0. The molecule has 1 atom stereocenters. The molecule has 1 nitrogen and oxygen atoms in total. The summed E-state index contributed by atoms with van der Waals surface area (Å²) in [7, 11) is 0. The lowest BCUT2D eigenvalue weighted by atomic mass is 9.90. The van der Waals surface area contributed by atoms with Crippen molar-refractivity contribution < 1.29 is 0 Å². The van der Waals surface area contributed by atoms with E-state index < -0.39 is 0 Å². The van der Waals surface area contributed by atoms with E-state index >= 15 is 0 Å². The van der Waals surface area contributed by atoms with E-state index in [1.165, 1.54) is 43.5 Å². The summed E-state index contributed by atoms with van der Waals surface area (Å²) in [6.45, 7) is 9.36. The van der Waals surface area contributed by atoms with Crippen LogP contribution in [0.25, 0.3) is 0 Å². The third-order valence-corrected chi connectivity index (χ3v) is 3.93. The fourth-order valence-corrected chi connectivity index (χ4v) is 2.79. The molecule has 1 heterocycles. The lowest BCUT2D eigenvalue weighted by Gasteiger charge is -2.35. The predicted octanol–water partition coefficient (Wildman–Crippen LogP) is 3.66. The van der Waals surface area contributed by atoms with Crippen LogP contribution in [0.3, 0.4) is 0 Å². The maximum Gasteiger partial charge on any atom is 0.00387 e. The second-order valence-electron chi connectivity index (χ2n) is 5.79. The molecule has 1 aromatic rings. The summed E-state index contributed by atoms with van der Waals surface area (Å²) >= 11 is 0. The first-order valence-electron chi connectivity index (χ1n) is 6.95. The molecule has 94 valence electrons. The lowest BCUT2D eigenvalue weighted by molar-refractivity contribution is 0.139. The van der Waals surface area contributed by atoms with Gasteiger partial charge in [0.2, 0.25) is 0 Å². The molecule has 0 spiro atoms. The van der Waals surface area contributed by atoms with Crippen LogP contribution in [0.2, 0.25) is 0 Å². The smallest absolute Gasteiger partial charge is 0.00387 e. The molecule has 0 aliphatic carbocycles. The monoisotopic (exact) mass is 231 g/mol. The van der Waals surface area contributed by atoms with Gasteiger partial charge in [0, 0.05) is 12.6 Å². The number of benzene rings is 1. The first-order valence-corrected chi connectivity index (χ1v) is 6.95. The van der Waals surface area contributed by atoms with Gasteiger partial charge in [-0.25, -0.2) is 0 Å². The predicted molar refractivity (Wildman–Crippen MR) is 74.3 cm³/mol. The van der Waals surface area contributed by atoms with Gasteiger partial charge in [-0.05, 0) is 58.1 Å². The van der Waals surface area contributed by atoms with Crippen molar-refractivity contribution in [3.63, 3.8) is 0 Å². The Kier molecular flexibility index (Phi) is 4.22. The molecule has 1 aliphatic heterocycles. The first-order chi connectivity index (χ1) is 8.15. The zero-order chi connectivity index (χ0) is 12.3. The maximum absolute atomic E-state index is 2.63. The summed E-state index contributed by atoms with van der Waals surface area (Å²) in [4.78, 5) is 2.63. The highest BCUT2D eigenvalue weighted by atomic mass is 15.2. The van der Waals surface area contributed by atoms with Gasteiger partial charge < -0.3 is 4.90 Å². The van der Waals surface area contributed by atoms with Gasteiger partial charge in [0.15, 0.2) is 0 Å². The molecule has 0 bridgehead atoms. The van der Waals surface area contributed by atoms with E-state index in [0.29, 0.717) is 6.04 Å². The van der Waals surface area contributed by atoms with Crippen molar-refractivity contribution in [1.82, 2.24) is 4.90 Å². The Morgan fingerprint density at radius 3 is 2.59 bits per heavy atom. The summed E-state index contributed by atoms with van der Waals surface area (Å²) in [5.41, 5.74) is 2.87. The van der Waals surface area contributed by atoms with Crippen LogP contribution < -0.4 is 0 Å². The molecule has 1 fully saturated rings. The molecule has 1 aromatic carbocycles. The van der Waals surface area contributed by atoms with E-state index in [-0.39, 0.29) is 0 Å². The van der Waals surface area contributed by atoms with Gasteiger partial charge in [-0.2, -0.15) is 0 Å². The van der Waals surface area contributed by atoms with Crippen LogP contribution in [0.15, 0.2) is 24.3 Å². The van der Waals surface area contributed by atoms with Crippen LogP contribution in [0.5, 0.6) is 0 Å². The molecule has 0 saturated carbocycles. The fourth-order valence-electron chi connectivity index (χ4n) is 2.79. The quantitative estimate of drug-likeness (QED) is 0.767. The van der Waals surface area contributed by atoms with Crippen molar-refractivity contribution in [2.75, 3.05) is 13.1 Å². The molecular weight excluding hydrogens is 206 g/mol. The number of hydrogen-bond acceptors (Lipinski definition) is 1. The van der Waals surface area contributed by atoms with E-state index in [1.54, 1.807) is 0 Å². The van der Waals surface area contributed by atoms with Crippen LogP contribution in [-0.4, -0.2) is 24.0 Å². The van der Waals surface area contributed by atoms with E-state index in [4.69, 9.17) is 0 Å². The van der Waals surface area contributed by atoms with E-state index in [9.17, 15) is 0 Å². The van der Waals surface area contributed by atoms with Crippen LogP contribution in [0.4, 0.5) is 0 Å². The SMILES string of the molecule is Cc1ccc(CC2CCCN(C(C)C)C2)cc1. The molecule has 0 radical (unpaired) electrons.